The lowest BCUT2D eigenvalue weighted by atomic mass is 10.2. The Bertz CT molecular complexity index is 718. The van der Waals surface area contributed by atoms with Crippen LogP contribution in [-0.2, 0) is 13.1 Å². The Hall–Kier alpha value is -1.39. The van der Waals surface area contributed by atoms with Crippen molar-refractivity contribution in [2.24, 2.45) is 4.99 Å². The summed E-state index contributed by atoms with van der Waals surface area (Å²) in [5.74, 6) is -0.101. The van der Waals surface area contributed by atoms with E-state index in [1.807, 2.05) is 0 Å². The zero-order chi connectivity index (χ0) is 17.6. The molecule has 1 saturated heterocycles. The summed E-state index contributed by atoms with van der Waals surface area (Å²) in [6.45, 7) is 5.28. The number of benzene rings is 1. The highest BCUT2D eigenvalue weighted by Crippen LogP contribution is 2.16. The molecule has 0 spiro atoms. The summed E-state index contributed by atoms with van der Waals surface area (Å²) < 4.78 is 13.4. The van der Waals surface area contributed by atoms with E-state index in [9.17, 15) is 9.50 Å². The summed E-state index contributed by atoms with van der Waals surface area (Å²) in [4.78, 5) is 10.4. The second-order valence-electron chi connectivity index (χ2n) is 6.03. The van der Waals surface area contributed by atoms with Crippen LogP contribution in [-0.4, -0.2) is 54.1 Å². The van der Waals surface area contributed by atoms with Crippen LogP contribution in [0, 0.1) is 5.82 Å². The molecule has 0 radical (unpaired) electrons. The maximum atomic E-state index is 13.4. The molecule has 1 aromatic heterocycles. The van der Waals surface area contributed by atoms with Crippen molar-refractivity contribution in [3.63, 3.8) is 0 Å². The fraction of sp³-hybridized carbons (Fsp3) is 0.389. The van der Waals surface area contributed by atoms with E-state index in [4.69, 9.17) is 0 Å². The predicted octanol–water partition coefficient (Wildman–Crippen LogP) is 3.10. The molecule has 3 rings (SSSR count). The Kier molecular flexibility index (Phi) is 8.11. The van der Waals surface area contributed by atoms with Crippen molar-refractivity contribution in [1.82, 2.24) is 15.1 Å². The molecule has 1 fully saturated rings. The number of thiophene rings is 1. The van der Waals surface area contributed by atoms with Crippen molar-refractivity contribution < 1.29 is 9.50 Å². The Morgan fingerprint density at radius 2 is 2.04 bits per heavy atom. The lowest BCUT2D eigenvalue weighted by Gasteiger charge is -2.36. The van der Waals surface area contributed by atoms with Gasteiger partial charge in [-0.2, -0.15) is 0 Å². The molecular weight excluding hydrogens is 466 g/mol. The van der Waals surface area contributed by atoms with Gasteiger partial charge < -0.3 is 15.3 Å². The van der Waals surface area contributed by atoms with Crippen LogP contribution in [0.1, 0.15) is 10.4 Å². The van der Waals surface area contributed by atoms with Gasteiger partial charge in [0.1, 0.15) is 0 Å². The molecule has 2 aromatic rings. The van der Waals surface area contributed by atoms with Gasteiger partial charge in [0.15, 0.2) is 17.5 Å². The standard InChI is InChI=1S/C18H23FN4OS.HI/c1-20-18(21-12-14-4-5-17(24)16(19)11-14)23-8-6-22(7-9-23)13-15-3-2-10-25-15;/h2-5,10-11,24H,6-9,12-13H2,1H3,(H,20,21);1H. The van der Waals surface area contributed by atoms with E-state index in [1.165, 1.54) is 17.0 Å². The molecule has 0 amide bonds. The lowest BCUT2D eigenvalue weighted by molar-refractivity contribution is 0.173. The van der Waals surface area contributed by atoms with Gasteiger partial charge in [0.25, 0.3) is 0 Å². The number of rotatable bonds is 4. The third-order valence-corrected chi connectivity index (χ3v) is 5.17. The molecule has 1 aliphatic heterocycles. The SMILES string of the molecule is CN=C(NCc1ccc(O)c(F)c1)N1CCN(Cc2cccs2)CC1.I. The van der Waals surface area contributed by atoms with E-state index < -0.39 is 5.82 Å². The summed E-state index contributed by atoms with van der Waals surface area (Å²) in [7, 11) is 1.76. The second-order valence-corrected chi connectivity index (χ2v) is 7.06. The van der Waals surface area contributed by atoms with Gasteiger partial charge in [-0.3, -0.25) is 9.89 Å². The normalized spacial score (nSPS) is 15.6. The molecule has 0 bridgehead atoms. The maximum Gasteiger partial charge on any atom is 0.194 e. The van der Waals surface area contributed by atoms with Gasteiger partial charge in [-0.25, -0.2) is 4.39 Å². The van der Waals surface area contributed by atoms with Gasteiger partial charge in [0.05, 0.1) is 0 Å². The Labute approximate surface area is 174 Å². The van der Waals surface area contributed by atoms with E-state index >= 15 is 0 Å². The quantitative estimate of drug-likeness (QED) is 0.393. The number of piperazine rings is 1. The first-order valence-electron chi connectivity index (χ1n) is 8.33. The van der Waals surface area contributed by atoms with Gasteiger partial charge in [-0.1, -0.05) is 12.1 Å². The molecule has 0 saturated carbocycles. The predicted molar refractivity (Wildman–Crippen MR) is 115 cm³/mol. The molecule has 2 N–H and O–H groups in total. The average Bonchev–Trinajstić information content (AvgIpc) is 3.13. The van der Waals surface area contributed by atoms with Crippen LogP contribution in [0.3, 0.4) is 0 Å². The van der Waals surface area contributed by atoms with Crippen molar-refractivity contribution in [1.29, 1.82) is 0 Å². The minimum absolute atomic E-state index is 0. The topological polar surface area (TPSA) is 51.1 Å². The molecule has 8 heteroatoms. The number of halogens is 2. The molecule has 0 atom stereocenters. The third kappa shape index (κ3) is 5.55. The number of aliphatic imine (C=N–C) groups is 1. The zero-order valence-electron chi connectivity index (χ0n) is 14.7. The van der Waals surface area contributed by atoms with Crippen LogP contribution >= 0.6 is 35.3 Å². The molecule has 142 valence electrons. The molecule has 0 unspecified atom stereocenters. The Balaban J connectivity index is 0.00000243. The van der Waals surface area contributed by atoms with Crippen LogP contribution in [0.15, 0.2) is 40.7 Å². The number of nitrogens with zero attached hydrogens (tertiary/aromatic N) is 3. The van der Waals surface area contributed by atoms with Gasteiger partial charge >= 0.3 is 0 Å². The molecule has 1 aromatic carbocycles. The molecule has 1 aliphatic rings. The molecule has 2 heterocycles. The first-order valence-corrected chi connectivity index (χ1v) is 9.21. The van der Waals surface area contributed by atoms with Crippen LogP contribution in [0.2, 0.25) is 0 Å². The minimum Gasteiger partial charge on any atom is -0.505 e. The largest absolute Gasteiger partial charge is 0.505 e. The van der Waals surface area contributed by atoms with E-state index in [1.54, 1.807) is 24.5 Å². The van der Waals surface area contributed by atoms with E-state index in [0.717, 1.165) is 44.2 Å². The van der Waals surface area contributed by atoms with Crippen molar-refractivity contribution in [2.45, 2.75) is 13.1 Å². The summed E-state index contributed by atoms with van der Waals surface area (Å²) in [5, 5.41) is 14.6. The maximum absolute atomic E-state index is 13.4. The molecule has 0 aliphatic carbocycles. The monoisotopic (exact) mass is 490 g/mol. The highest BCUT2D eigenvalue weighted by molar-refractivity contribution is 14.0. The van der Waals surface area contributed by atoms with Gasteiger partial charge in [0.2, 0.25) is 0 Å². The summed E-state index contributed by atoms with van der Waals surface area (Å²) >= 11 is 1.80. The van der Waals surface area contributed by atoms with E-state index in [2.05, 4.69) is 37.6 Å². The molecular formula is C18H24FIN4OS. The fourth-order valence-corrected chi connectivity index (χ4v) is 3.66. The van der Waals surface area contributed by atoms with Crippen LogP contribution in [0.4, 0.5) is 4.39 Å². The Morgan fingerprint density at radius 3 is 2.65 bits per heavy atom. The Morgan fingerprint density at radius 1 is 1.27 bits per heavy atom. The summed E-state index contributed by atoms with van der Waals surface area (Å²) in [6, 6.07) is 8.69. The van der Waals surface area contributed by atoms with Crippen LogP contribution < -0.4 is 5.32 Å². The third-order valence-electron chi connectivity index (χ3n) is 4.31. The zero-order valence-corrected chi connectivity index (χ0v) is 17.8. The van der Waals surface area contributed by atoms with Crippen molar-refractivity contribution >= 4 is 41.3 Å². The number of hydrogen-bond acceptors (Lipinski definition) is 4. The first-order chi connectivity index (χ1) is 12.2. The molecule has 26 heavy (non-hydrogen) atoms. The number of hydrogen-bond donors (Lipinski definition) is 2. The number of phenols is 1. The second kappa shape index (κ2) is 10.1. The summed E-state index contributed by atoms with van der Waals surface area (Å²) in [5.41, 5.74) is 0.771. The highest BCUT2D eigenvalue weighted by Gasteiger charge is 2.19. The number of aromatic hydroxyl groups is 1. The first kappa shape index (κ1) is 20.9. The summed E-state index contributed by atoms with van der Waals surface area (Å²) in [6.07, 6.45) is 0. The van der Waals surface area contributed by atoms with E-state index in [0.29, 0.717) is 6.54 Å². The van der Waals surface area contributed by atoms with Crippen molar-refractivity contribution in [2.75, 3.05) is 33.2 Å². The highest BCUT2D eigenvalue weighted by atomic mass is 127. The lowest BCUT2D eigenvalue weighted by Crippen LogP contribution is -2.51. The van der Waals surface area contributed by atoms with Gasteiger partial charge in [-0.05, 0) is 29.1 Å². The smallest absolute Gasteiger partial charge is 0.194 e. The van der Waals surface area contributed by atoms with Crippen LogP contribution in [0.25, 0.3) is 0 Å². The van der Waals surface area contributed by atoms with Crippen molar-refractivity contribution in [3.05, 3.63) is 52.0 Å². The average molecular weight is 490 g/mol. The van der Waals surface area contributed by atoms with Gasteiger partial charge in [-0.15, -0.1) is 35.3 Å². The minimum atomic E-state index is -0.600. The number of nitrogens with one attached hydrogen (secondary N) is 1. The number of guanidine groups is 1. The van der Waals surface area contributed by atoms with Crippen LogP contribution in [0.5, 0.6) is 5.75 Å². The van der Waals surface area contributed by atoms with Gasteiger partial charge in [0, 0.05) is 51.2 Å². The van der Waals surface area contributed by atoms with Crippen molar-refractivity contribution in [3.8, 4) is 5.75 Å². The van der Waals surface area contributed by atoms with E-state index in [-0.39, 0.29) is 29.7 Å². The molecule has 5 nitrogen and oxygen atoms in total. The number of phenolic OH excluding ortho intramolecular Hbond substituents is 1. The fourth-order valence-electron chi connectivity index (χ4n) is 2.91.